The van der Waals surface area contributed by atoms with Gasteiger partial charge in [0, 0.05) is 12.8 Å². The lowest BCUT2D eigenvalue weighted by Crippen LogP contribution is -2.48. The van der Waals surface area contributed by atoms with Crippen LogP contribution in [0.1, 0.15) is 155 Å². The van der Waals surface area contributed by atoms with Crippen LogP contribution in [0, 0.1) is 0 Å². The van der Waals surface area contributed by atoms with Crippen molar-refractivity contribution >= 4 is 11.8 Å². The first-order valence-corrected chi connectivity index (χ1v) is 14.9. The molecule has 0 fully saturated rings. The molecule has 0 saturated carbocycles. The molecule has 0 heterocycles. The molecule has 0 aromatic heterocycles. The second kappa shape index (κ2) is 26.5. The predicted octanol–water partition coefficient (Wildman–Crippen LogP) is 7.39. The Morgan fingerprint density at radius 3 is 1.24 bits per heavy atom. The van der Waals surface area contributed by atoms with E-state index in [-0.39, 0.29) is 18.0 Å². The van der Waals surface area contributed by atoms with E-state index in [4.69, 9.17) is 0 Å². The van der Waals surface area contributed by atoms with Crippen molar-refractivity contribution in [3.8, 4) is 0 Å². The van der Waals surface area contributed by atoms with Gasteiger partial charge in [-0.2, -0.15) is 0 Å². The van der Waals surface area contributed by atoms with Crippen LogP contribution in [0.3, 0.4) is 0 Å². The van der Waals surface area contributed by atoms with E-state index in [0.29, 0.717) is 12.8 Å². The molecule has 0 saturated heterocycles. The number of rotatable bonds is 26. The molecular weight excluding hydrogens is 422 g/mol. The maximum absolute atomic E-state index is 12.4. The van der Waals surface area contributed by atoms with Gasteiger partial charge in [-0.1, -0.05) is 117 Å². The second-order valence-corrected chi connectivity index (χ2v) is 10.1. The standard InChI is InChI=1S/C29H59N3O2/c1-4-6-8-10-12-14-16-18-20-24-28(33)31-27(23-22-26-30-3)32-29(34)25-21-19-17-15-13-11-9-7-5-2/h27,30H,4-26H2,1-3H3,(H,31,33)(H,32,34). The summed E-state index contributed by atoms with van der Waals surface area (Å²) in [7, 11) is 1.93. The van der Waals surface area contributed by atoms with Crippen molar-refractivity contribution < 1.29 is 9.59 Å². The highest BCUT2D eigenvalue weighted by molar-refractivity contribution is 5.79. The van der Waals surface area contributed by atoms with Crippen LogP contribution in [-0.4, -0.2) is 31.6 Å². The molecule has 0 aliphatic rings. The molecule has 0 radical (unpaired) electrons. The highest BCUT2D eigenvalue weighted by atomic mass is 16.2. The van der Waals surface area contributed by atoms with Gasteiger partial charge in [0.05, 0.1) is 0 Å². The van der Waals surface area contributed by atoms with Gasteiger partial charge in [0.2, 0.25) is 11.8 Å². The zero-order chi connectivity index (χ0) is 25.1. The monoisotopic (exact) mass is 481 g/mol. The van der Waals surface area contributed by atoms with Gasteiger partial charge in [0.25, 0.3) is 0 Å². The third kappa shape index (κ3) is 24.0. The largest absolute Gasteiger partial charge is 0.336 e. The third-order valence-corrected chi connectivity index (χ3v) is 6.60. The molecule has 5 heteroatoms. The molecule has 3 N–H and O–H groups in total. The van der Waals surface area contributed by atoms with Gasteiger partial charge in [-0.15, -0.1) is 0 Å². The summed E-state index contributed by atoms with van der Waals surface area (Å²) in [5.74, 6) is 0.140. The van der Waals surface area contributed by atoms with Crippen molar-refractivity contribution in [2.24, 2.45) is 0 Å². The van der Waals surface area contributed by atoms with Crippen LogP contribution >= 0.6 is 0 Å². The normalized spacial score (nSPS) is 11.2. The van der Waals surface area contributed by atoms with Crippen molar-refractivity contribution in [2.75, 3.05) is 13.6 Å². The number of nitrogens with one attached hydrogen (secondary N) is 3. The number of carbonyl (C=O) groups is 2. The summed E-state index contributed by atoms with van der Waals surface area (Å²) in [6.45, 7) is 5.39. The average molecular weight is 482 g/mol. The third-order valence-electron chi connectivity index (χ3n) is 6.60. The van der Waals surface area contributed by atoms with E-state index in [9.17, 15) is 9.59 Å². The van der Waals surface area contributed by atoms with Crippen LogP contribution in [0.15, 0.2) is 0 Å². The highest BCUT2D eigenvalue weighted by Crippen LogP contribution is 2.12. The maximum Gasteiger partial charge on any atom is 0.221 e. The van der Waals surface area contributed by atoms with E-state index in [1.807, 2.05) is 7.05 Å². The van der Waals surface area contributed by atoms with Crippen LogP contribution in [-0.2, 0) is 9.59 Å². The van der Waals surface area contributed by atoms with Gasteiger partial charge in [-0.05, 0) is 39.3 Å². The minimum absolute atomic E-state index is 0.0702. The van der Waals surface area contributed by atoms with Gasteiger partial charge >= 0.3 is 0 Å². The Bertz CT molecular complexity index is 421. The first-order chi connectivity index (χ1) is 16.6. The van der Waals surface area contributed by atoms with Crippen LogP contribution in [0.5, 0.6) is 0 Å². The zero-order valence-corrected chi connectivity index (χ0v) is 23.2. The van der Waals surface area contributed by atoms with Crippen LogP contribution in [0.2, 0.25) is 0 Å². The summed E-state index contributed by atoms with van der Waals surface area (Å²) in [6, 6.07) is 0. The number of hydrogen-bond donors (Lipinski definition) is 3. The molecule has 0 atom stereocenters. The Balaban J connectivity index is 3.96. The summed E-state index contributed by atoms with van der Waals surface area (Å²) < 4.78 is 0. The van der Waals surface area contributed by atoms with E-state index in [1.165, 1.54) is 89.9 Å². The molecule has 0 rings (SSSR count). The number of amides is 2. The summed E-state index contributed by atoms with van der Waals surface area (Å²) in [5, 5.41) is 9.28. The van der Waals surface area contributed by atoms with Crippen LogP contribution in [0.4, 0.5) is 0 Å². The van der Waals surface area contributed by atoms with Crippen molar-refractivity contribution in [3.63, 3.8) is 0 Å². The fourth-order valence-electron chi connectivity index (χ4n) is 4.39. The van der Waals surface area contributed by atoms with Gasteiger partial charge in [-0.3, -0.25) is 9.59 Å². The van der Waals surface area contributed by atoms with E-state index in [0.717, 1.165) is 45.1 Å². The van der Waals surface area contributed by atoms with Gasteiger partial charge < -0.3 is 16.0 Å². The summed E-state index contributed by atoms with van der Waals surface area (Å²) >= 11 is 0. The second-order valence-electron chi connectivity index (χ2n) is 10.1. The molecule has 0 bridgehead atoms. The predicted molar refractivity (Wildman–Crippen MR) is 147 cm³/mol. The zero-order valence-electron chi connectivity index (χ0n) is 23.2. The Morgan fingerprint density at radius 1 is 0.529 bits per heavy atom. The fraction of sp³-hybridized carbons (Fsp3) is 0.931. The quantitative estimate of drug-likeness (QED) is 0.0891. The lowest BCUT2D eigenvalue weighted by molar-refractivity contribution is -0.124. The Hall–Kier alpha value is -1.10. The molecule has 0 aromatic carbocycles. The SMILES string of the molecule is CCCCCCCCCCCC(=O)NC(CCCNC)NC(=O)CCCCCCCCCCC. The van der Waals surface area contributed by atoms with Crippen molar-refractivity contribution in [1.82, 2.24) is 16.0 Å². The average Bonchev–Trinajstić information content (AvgIpc) is 2.82. The van der Waals surface area contributed by atoms with Gasteiger partial charge in [0.1, 0.15) is 6.17 Å². The Labute approximate surface area is 212 Å². The number of hydrogen-bond acceptors (Lipinski definition) is 3. The Morgan fingerprint density at radius 2 is 0.882 bits per heavy atom. The molecule has 2 amide bonds. The molecule has 0 aliphatic heterocycles. The minimum atomic E-state index is -0.245. The lowest BCUT2D eigenvalue weighted by Gasteiger charge is -2.20. The summed E-state index contributed by atoms with van der Waals surface area (Å²) in [5.41, 5.74) is 0. The smallest absolute Gasteiger partial charge is 0.221 e. The van der Waals surface area contributed by atoms with Crippen LogP contribution in [0.25, 0.3) is 0 Å². The lowest BCUT2D eigenvalue weighted by atomic mass is 10.1. The number of carbonyl (C=O) groups excluding carboxylic acids is 2. The van der Waals surface area contributed by atoms with Crippen molar-refractivity contribution in [2.45, 2.75) is 161 Å². The summed E-state index contributed by atoms with van der Waals surface area (Å²) in [4.78, 5) is 24.8. The topological polar surface area (TPSA) is 70.2 Å². The molecule has 0 spiro atoms. The minimum Gasteiger partial charge on any atom is -0.336 e. The first kappa shape index (κ1) is 32.9. The van der Waals surface area contributed by atoms with E-state index in [1.54, 1.807) is 0 Å². The first-order valence-electron chi connectivity index (χ1n) is 14.9. The molecule has 0 aliphatic carbocycles. The van der Waals surface area contributed by atoms with Crippen molar-refractivity contribution in [1.29, 1.82) is 0 Å². The maximum atomic E-state index is 12.4. The molecule has 5 nitrogen and oxygen atoms in total. The Kier molecular flexibility index (Phi) is 25.6. The van der Waals surface area contributed by atoms with E-state index in [2.05, 4.69) is 29.8 Å². The molecule has 202 valence electrons. The van der Waals surface area contributed by atoms with Gasteiger partial charge in [-0.25, -0.2) is 0 Å². The summed E-state index contributed by atoms with van der Waals surface area (Å²) in [6.07, 6.45) is 25.1. The molecule has 0 aromatic rings. The van der Waals surface area contributed by atoms with E-state index >= 15 is 0 Å². The highest BCUT2D eigenvalue weighted by Gasteiger charge is 2.14. The molecule has 34 heavy (non-hydrogen) atoms. The molecular formula is C29H59N3O2. The van der Waals surface area contributed by atoms with E-state index < -0.39 is 0 Å². The number of unbranched alkanes of at least 4 members (excludes halogenated alkanes) is 16. The fourth-order valence-corrected chi connectivity index (χ4v) is 4.39. The van der Waals surface area contributed by atoms with Gasteiger partial charge in [0.15, 0.2) is 0 Å². The van der Waals surface area contributed by atoms with Crippen LogP contribution < -0.4 is 16.0 Å². The molecule has 0 unspecified atom stereocenters. The van der Waals surface area contributed by atoms with Crippen molar-refractivity contribution in [3.05, 3.63) is 0 Å².